The maximum absolute atomic E-state index is 12.8. The van der Waals surface area contributed by atoms with Crippen LogP contribution in [0.2, 0.25) is 0 Å². The Morgan fingerprint density at radius 1 is 1.38 bits per heavy atom. The fraction of sp³-hybridized carbons (Fsp3) is 0.333. The minimum Gasteiger partial charge on any atom is -0.462 e. The van der Waals surface area contributed by atoms with Gasteiger partial charge < -0.3 is 10.1 Å². The average Bonchev–Trinajstić information content (AvgIpc) is 2.82. The number of ether oxygens (including phenoxy) is 1. The molecule has 0 saturated carbocycles. The van der Waals surface area contributed by atoms with Gasteiger partial charge in [0, 0.05) is 6.54 Å². The lowest BCUT2D eigenvalue weighted by molar-refractivity contribution is 0.0527. The van der Waals surface area contributed by atoms with Crippen LogP contribution in [-0.4, -0.2) is 23.5 Å². The standard InChI is InChI=1S/C15H17FN2O2S/c1-3-20-15(19)13-10(2)18-21-14(13)17-9-8-11-4-6-12(16)7-5-11/h4-7,17H,3,8-9H2,1-2H3. The normalized spacial score (nSPS) is 10.4. The van der Waals surface area contributed by atoms with Crippen molar-refractivity contribution >= 4 is 22.5 Å². The predicted octanol–water partition coefficient (Wildman–Crippen LogP) is 3.42. The van der Waals surface area contributed by atoms with Gasteiger partial charge in [0.05, 0.1) is 12.3 Å². The van der Waals surface area contributed by atoms with Crippen molar-refractivity contribution in [1.82, 2.24) is 4.37 Å². The number of carbonyl (C=O) groups is 1. The van der Waals surface area contributed by atoms with E-state index < -0.39 is 0 Å². The van der Waals surface area contributed by atoms with E-state index in [0.717, 1.165) is 12.0 Å². The maximum Gasteiger partial charge on any atom is 0.343 e. The zero-order valence-electron chi connectivity index (χ0n) is 12.0. The molecular weight excluding hydrogens is 291 g/mol. The summed E-state index contributed by atoms with van der Waals surface area (Å²) in [5.41, 5.74) is 2.20. The van der Waals surface area contributed by atoms with Crippen LogP contribution in [0.4, 0.5) is 9.39 Å². The molecule has 0 atom stereocenters. The highest BCUT2D eigenvalue weighted by Gasteiger charge is 2.19. The van der Waals surface area contributed by atoms with Crippen LogP contribution in [0, 0.1) is 12.7 Å². The third-order valence-corrected chi connectivity index (χ3v) is 3.85. The van der Waals surface area contributed by atoms with Gasteiger partial charge in [-0.3, -0.25) is 0 Å². The number of hydrogen-bond donors (Lipinski definition) is 1. The Bertz CT molecular complexity index is 611. The lowest BCUT2D eigenvalue weighted by Crippen LogP contribution is -2.10. The molecule has 1 heterocycles. The summed E-state index contributed by atoms with van der Waals surface area (Å²) in [7, 11) is 0. The molecule has 21 heavy (non-hydrogen) atoms. The number of nitrogens with zero attached hydrogens (tertiary/aromatic N) is 1. The quantitative estimate of drug-likeness (QED) is 0.831. The lowest BCUT2D eigenvalue weighted by atomic mass is 10.1. The summed E-state index contributed by atoms with van der Waals surface area (Å²) in [5, 5.41) is 3.91. The Labute approximate surface area is 127 Å². The molecule has 0 aliphatic carbocycles. The van der Waals surface area contributed by atoms with Crippen molar-refractivity contribution in [3.05, 3.63) is 46.9 Å². The van der Waals surface area contributed by atoms with Crippen molar-refractivity contribution in [2.75, 3.05) is 18.5 Å². The highest BCUT2D eigenvalue weighted by atomic mass is 32.1. The Kier molecular flexibility index (Phi) is 5.27. The number of carbonyl (C=O) groups excluding carboxylic acids is 1. The largest absolute Gasteiger partial charge is 0.462 e. The summed E-state index contributed by atoms with van der Waals surface area (Å²) in [5.74, 6) is -0.595. The fourth-order valence-electron chi connectivity index (χ4n) is 1.91. The Morgan fingerprint density at radius 2 is 2.10 bits per heavy atom. The third kappa shape index (κ3) is 4.01. The highest BCUT2D eigenvalue weighted by molar-refractivity contribution is 7.10. The number of halogens is 1. The van der Waals surface area contributed by atoms with Crippen molar-refractivity contribution in [2.45, 2.75) is 20.3 Å². The minimum atomic E-state index is -0.354. The molecule has 1 N–H and O–H groups in total. The summed E-state index contributed by atoms with van der Waals surface area (Å²) in [6, 6.07) is 6.38. The van der Waals surface area contributed by atoms with Gasteiger partial charge in [0.1, 0.15) is 16.4 Å². The van der Waals surface area contributed by atoms with E-state index in [-0.39, 0.29) is 11.8 Å². The van der Waals surface area contributed by atoms with Crippen LogP contribution in [0.25, 0.3) is 0 Å². The molecule has 2 rings (SSSR count). The smallest absolute Gasteiger partial charge is 0.343 e. The van der Waals surface area contributed by atoms with Gasteiger partial charge in [-0.05, 0) is 49.5 Å². The number of nitrogens with one attached hydrogen (secondary N) is 1. The third-order valence-electron chi connectivity index (χ3n) is 2.95. The van der Waals surface area contributed by atoms with Crippen molar-refractivity contribution in [2.24, 2.45) is 0 Å². The molecule has 6 heteroatoms. The van der Waals surface area contributed by atoms with Crippen LogP contribution >= 0.6 is 11.5 Å². The Balaban J connectivity index is 1.97. The molecule has 0 aliphatic rings. The number of esters is 1. The van der Waals surface area contributed by atoms with Crippen LogP contribution in [-0.2, 0) is 11.2 Å². The monoisotopic (exact) mass is 308 g/mol. The van der Waals surface area contributed by atoms with Gasteiger partial charge >= 0.3 is 5.97 Å². The number of anilines is 1. The van der Waals surface area contributed by atoms with Crippen molar-refractivity contribution in [1.29, 1.82) is 0 Å². The molecule has 1 aromatic carbocycles. The lowest BCUT2D eigenvalue weighted by Gasteiger charge is -2.07. The Hall–Kier alpha value is -1.95. The number of aromatic nitrogens is 1. The van der Waals surface area contributed by atoms with Crippen molar-refractivity contribution < 1.29 is 13.9 Å². The molecule has 0 amide bonds. The number of aryl methyl sites for hydroxylation is 1. The van der Waals surface area contributed by atoms with Gasteiger partial charge in [0.2, 0.25) is 0 Å². The second-order valence-electron chi connectivity index (χ2n) is 4.50. The fourth-order valence-corrected chi connectivity index (χ4v) is 2.71. The van der Waals surface area contributed by atoms with E-state index in [1.807, 2.05) is 0 Å². The van der Waals surface area contributed by atoms with Crippen molar-refractivity contribution in [3.8, 4) is 0 Å². The predicted molar refractivity (Wildman–Crippen MR) is 81.4 cm³/mol. The molecule has 0 fully saturated rings. The summed E-state index contributed by atoms with van der Waals surface area (Å²) >= 11 is 1.25. The molecule has 0 bridgehead atoms. The summed E-state index contributed by atoms with van der Waals surface area (Å²) < 4.78 is 22.0. The van der Waals surface area contributed by atoms with E-state index in [9.17, 15) is 9.18 Å². The maximum atomic E-state index is 12.8. The summed E-state index contributed by atoms with van der Waals surface area (Å²) in [6.07, 6.45) is 0.736. The van der Waals surface area contributed by atoms with Gasteiger partial charge in [-0.15, -0.1) is 0 Å². The highest BCUT2D eigenvalue weighted by Crippen LogP contribution is 2.25. The first-order chi connectivity index (χ1) is 10.1. The molecular formula is C15H17FN2O2S. The molecule has 0 spiro atoms. The van der Waals surface area contributed by atoms with E-state index in [4.69, 9.17) is 4.74 Å². The van der Waals surface area contributed by atoms with Crippen LogP contribution in [0.3, 0.4) is 0 Å². The minimum absolute atomic E-state index is 0.241. The van der Waals surface area contributed by atoms with Gasteiger partial charge in [0.25, 0.3) is 0 Å². The van der Waals surface area contributed by atoms with Crippen LogP contribution in [0.1, 0.15) is 28.5 Å². The van der Waals surface area contributed by atoms with Gasteiger partial charge in [-0.1, -0.05) is 12.1 Å². The molecule has 2 aromatic rings. The second-order valence-corrected chi connectivity index (χ2v) is 5.27. The van der Waals surface area contributed by atoms with E-state index in [0.29, 0.717) is 29.4 Å². The van der Waals surface area contributed by atoms with Gasteiger partial charge in [-0.2, -0.15) is 4.37 Å². The Morgan fingerprint density at radius 3 is 2.76 bits per heavy atom. The summed E-state index contributed by atoms with van der Waals surface area (Å²) in [4.78, 5) is 11.9. The topological polar surface area (TPSA) is 51.2 Å². The average molecular weight is 308 g/mol. The van der Waals surface area contributed by atoms with Gasteiger partial charge in [0.15, 0.2) is 0 Å². The van der Waals surface area contributed by atoms with Crippen molar-refractivity contribution in [3.63, 3.8) is 0 Å². The van der Waals surface area contributed by atoms with Gasteiger partial charge in [-0.25, -0.2) is 9.18 Å². The van der Waals surface area contributed by atoms with Crippen LogP contribution in [0.15, 0.2) is 24.3 Å². The second kappa shape index (κ2) is 7.17. The molecule has 1 aromatic heterocycles. The SMILES string of the molecule is CCOC(=O)c1c(C)nsc1NCCc1ccc(F)cc1. The number of hydrogen-bond acceptors (Lipinski definition) is 5. The molecule has 0 radical (unpaired) electrons. The zero-order chi connectivity index (χ0) is 15.2. The van der Waals surface area contributed by atoms with E-state index in [2.05, 4.69) is 9.69 Å². The first-order valence-electron chi connectivity index (χ1n) is 6.73. The number of benzene rings is 1. The summed E-state index contributed by atoms with van der Waals surface area (Å²) in [6.45, 7) is 4.53. The first-order valence-corrected chi connectivity index (χ1v) is 7.51. The van der Waals surface area contributed by atoms with E-state index >= 15 is 0 Å². The van der Waals surface area contributed by atoms with E-state index in [1.165, 1.54) is 23.7 Å². The number of rotatable bonds is 6. The zero-order valence-corrected chi connectivity index (χ0v) is 12.8. The molecule has 0 aliphatic heterocycles. The molecule has 4 nitrogen and oxygen atoms in total. The molecule has 0 unspecified atom stereocenters. The molecule has 112 valence electrons. The first kappa shape index (κ1) is 15.4. The molecule has 0 saturated heterocycles. The van der Waals surface area contributed by atoms with Crippen LogP contribution in [0.5, 0.6) is 0 Å². The van der Waals surface area contributed by atoms with Crippen LogP contribution < -0.4 is 5.32 Å². The van der Waals surface area contributed by atoms with E-state index in [1.54, 1.807) is 26.0 Å².